The maximum absolute atomic E-state index is 13.5. The molecule has 1 unspecified atom stereocenters. The van der Waals surface area contributed by atoms with Crippen molar-refractivity contribution in [2.45, 2.75) is 18.9 Å². The lowest BCUT2D eigenvalue weighted by molar-refractivity contribution is -0.139. The molecule has 2 heterocycles. The molecule has 3 rings (SSSR count). The summed E-state index contributed by atoms with van der Waals surface area (Å²) in [6, 6.07) is 6.59. The second-order valence-corrected chi connectivity index (χ2v) is 6.92. The van der Waals surface area contributed by atoms with Crippen LogP contribution in [0.25, 0.3) is 0 Å². The molecular formula is C16H22ClFN2OS. The molecule has 2 fully saturated rings. The summed E-state index contributed by atoms with van der Waals surface area (Å²) >= 11 is 1.93. The van der Waals surface area contributed by atoms with Crippen molar-refractivity contribution in [1.82, 2.24) is 10.2 Å². The van der Waals surface area contributed by atoms with Crippen LogP contribution in [0.1, 0.15) is 24.4 Å². The molecule has 2 saturated heterocycles. The summed E-state index contributed by atoms with van der Waals surface area (Å²) in [4.78, 5) is 14.8. The van der Waals surface area contributed by atoms with Crippen molar-refractivity contribution in [2.24, 2.45) is 5.92 Å². The number of halogens is 2. The van der Waals surface area contributed by atoms with Gasteiger partial charge in [0.15, 0.2) is 0 Å². The van der Waals surface area contributed by atoms with Gasteiger partial charge in [-0.25, -0.2) is 4.39 Å². The molecule has 0 spiro atoms. The van der Waals surface area contributed by atoms with Crippen LogP contribution >= 0.6 is 24.2 Å². The van der Waals surface area contributed by atoms with Crippen molar-refractivity contribution in [2.75, 3.05) is 31.1 Å². The van der Waals surface area contributed by atoms with Gasteiger partial charge in [-0.3, -0.25) is 4.79 Å². The Hall–Kier alpha value is -0.780. The van der Waals surface area contributed by atoms with Crippen LogP contribution in [-0.4, -0.2) is 41.9 Å². The smallest absolute Gasteiger partial charge is 0.226 e. The number of hydrogen-bond donors (Lipinski definition) is 1. The van der Waals surface area contributed by atoms with E-state index in [1.54, 1.807) is 12.1 Å². The summed E-state index contributed by atoms with van der Waals surface area (Å²) in [6.45, 7) is 2.24. The summed E-state index contributed by atoms with van der Waals surface area (Å²) in [5, 5.41) is 3.32. The van der Waals surface area contributed by atoms with E-state index in [2.05, 4.69) is 5.32 Å². The fourth-order valence-electron chi connectivity index (χ4n) is 3.16. The highest BCUT2D eigenvalue weighted by molar-refractivity contribution is 7.99. The maximum Gasteiger partial charge on any atom is 0.226 e. The Morgan fingerprint density at radius 3 is 2.82 bits per heavy atom. The summed E-state index contributed by atoms with van der Waals surface area (Å²) in [7, 11) is 0. The first-order valence-corrected chi connectivity index (χ1v) is 8.75. The van der Waals surface area contributed by atoms with Crippen LogP contribution in [0.4, 0.5) is 4.39 Å². The molecule has 22 heavy (non-hydrogen) atoms. The van der Waals surface area contributed by atoms with Gasteiger partial charge in [-0.1, -0.05) is 12.1 Å². The summed E-state index contributed by atoms with van der Waals surface area (Å²) < 4.78 is 13.5. The average Bonchev–Trinajstić information content (AvgIpc) is 2.55. The summed E-state index contributed by atoms with van der Waals surface area (Å²) in [5.74, 6) is 2.33. The van der Waals surface area contributed by atoms with E-state index in [0.717, 1.165) is 36.5 Å². The standard InChI is InChI=1S/C16H21FN2OS.ClH/c17-14-3-1-2-13(10-14)15-11-18-6-7-19(15)16(20)12-4-8-21-9-5-12;/h1-3,10,12,15,18H,4-9,11H2;1H. The van der Waals surface area contributed by atoms with E-state index in [-0.39, 0.29) is 36.1 Å². The zero-order valence-corrected chi connectivity index (χ0v) is 14.1. The van der Waals surface area contributed by atoms with Crippen molar-refractivity contribution in [3.8, 4) is 0 Å². The lowest BCUT2D eigenvalue weighted by Crippen LogP contribution is -2.50. The van der Waals surface area contributed by atoms with Crippen LogP contribution in [0.2, 0.25) is 0 Å². The van der Waals surface area contributed by atoms with Crippen LogP contribution in [0, 0.1) is 11.7 Å². The molecular weight excluding hydrogens is 323 g/mol. The first-order chi connectivity index (χ1) is 10.3. The van der Waals surface area contributed by atoms with Gasteiger partial charge in [-0.05, 0) is 42.0 Å². The molecule has 1 aromatic carbocycles. The van der Waals surface area contributed by atoms with Gasteiger partial charge in [0.05, 0.1) is 6.04 Å². The second-order valence-electron chi connectivity index (χ2n) is 5.69. The van der Waals surface area contributed by atoms with Gasteiger partial charge in [0.2, 0.25) is 5.91 Å². The van der Waals surface area contributed by atoms with Crippen molar-refractivity contribution in [1.29, 1.82) is 0 Å². The number of piperazine rings is 1. The molecule has 2 aliphatic rings. The fourth-order valence-corrected chi connectivity index (χ4v) is 4.27. The third kappa shape index (κ3) is 3.94. The number of carbonyl (C=O) groups is 1. The van der Waals surface area contributed by atoms with E-state index in [9.17, 15) is 9.18 Å². The van der Waals surface area contributed by atoms with E-state index in [4.69, 9.17) is 0 Å². The zero-order chi connectivity index (χ0) is 14.7. The lowest BCUT2D eigenvalue weighted by Gasteiger charge is -2.39. The number of hydrogen-bond acceptors (Lipinski definition) is 3. The number of benzene rings is 1. The molecule has 122 valence electrons. The second kappa shape index (κ2) is 8.18. The van der Waals surface area contributed by atoms with Crippen LogP contribution in [0.15, 0.2) is 24.3 Å². The number of nitrogens with one attached hydrogen (secondary N) is 1. The minimum Gasteiger partial charge on any atom is -0.333 e. The molecule has 0 saturated carbocycles. The largest absolute Gasteiger partial charge is 0.333 e. The molecule has 0 radical (unpaired) electrons. The van der Waals surface area contributed by atoms with Crippen LogP contribution < -0.4 is 5.32 Å². The normalized spacial score (nSPS) is 23.0. The van der Waals surface area contributed by atoms with Crippen LogP contribution in [0.3, 0.4) is 0 Å². The van der Waals surface area contributed by atoms with Gasteiger partial charge in [-0.2, -0.15) is 11.8 Å². The molecule has 1 atom stereocenters. The van der Waals surface area contributed by atoms with Gasteiger partial charge in [0, 0.05) is 25.6 Å². The molecule has 2 aliphatic heterocycles. The Bertz CT molecular complexity index is 511. The van der Waals surface area contributed by atoms with Gasteiger partial charge in [0.1, 0.15) is 5.82 Å². The van der Waals surface area contributed by atoms with Crippen molar-refractivity contribution < 1.29 is 9.18 Å². The van der Waals surface area contributed by atoms with Gasteiger partial charge >= 0.3 is 0 Å². The highest BCUT2D eigenvalue weighted by Crippen LogP contribution is 2.29. The molecule has 0 aromatic heterocycles. The predicted molar refractivity (Wildman–Crippen MR) is 91.0 cm³/mol. The lowest BCUT2D eigenvalue weighted by atomic mass is 9.97. The average molecular weight is 345 g/mol. The molecule has 0 aliphatic carbocycles. The Morgan fingerprint density at radius 2 is 2.09 bits per heavy atom. The number of amides is 1. The third-order valence-electron chi connectivity index (χ3n) is 4.33. The number of thioether (sulfide) groups is 1. The molecule has 0 bridgehead atoms. The monoisotopic (exact) mass is 344 g/mol. The Labute approximate surface area is 141 Å². The molecule has 1 amide bonds. The zero-order valence-electron chi connectivity index (χ0n) is 12.5. The molecule has 6 heteroatoms. The van der Waals surface area contributed by atoms with E-state index in [1.165, 1.54) is 6.07 Å². The number of nitrogens with zero attached hydrogens (tertiary/aromatic N) is 1. The minimum absolute atomic E-state index is 0. The maximum atomic E-state index is 13.5. The number of carbonyl (C=O) groups excluding carboxylic acids is 1. The fraction of sp³-hybridized carbons (Fsp3) is 0.562. The van der Waals surface area contributed by atoms with Crippen molar-refractivity contribution in [3.63, 3.8) is 0 Å². The van der Waals surface area contributed by atoms with Crippen molar-refractivity contribution in [3.05, 3.63) is 35.6 Å². The van der Waals surface area contributed by atoms with Crippen LogP contribution in [0.5, 0.6) is 0 Å². The van der Waals surface area contributed by atoms with Gasteiger partial charge in [0.25, 0.3) is 0 Å². The first-order valence-electron chi connectivity index (χ1n) is 7.60. The Balaban J connectivity index is 0.00000176. The highest BCUT2D eigenvalue weighted by atomic mass is 35.5. The third-order valence-corrected chi connectivity index (χ3v) is 5.38. The predicted octanol–water partition coefficient (Wildman–Crippen LogP) is 2.86. The Kier molecular flexibility index (Phi) is 6.53. The van der Waals surface area contributed by atoms with E-state index < -0.39 is 0 Å². The summed E-state index contributed by atoms with van der Waals surface area (Å²) in [6.07, 6.45) is 1.95. The molecule has 1 N–H and O–H groups in total. The quantitative estimate of drug-likeness (QED) is 0.895. The molecule has 1 aromatic rings. The van der Waals surface area contributed by atoms with E-state index in [0.29, 0.717) is 13.1 Å². The van der Waals surface area contributed by atoms with Gasteiger partial charge in [-0.15, -0.1) is 12.4 Å². The topological polar surface area (TPSA) is 32.3 Å². The van der Waals surface area contributed by atoms with Crippen LogP contribution in [-0.2, 0) is 4.79 Å². The van der Waals surface area contributed by atoms with Crippen molar-refractivity contribution >= 4 is 30.1 Å². The van der Waals surface area contributed by atoms with Gasteiger partial charge < -0.3 is 10.2 Å². The summed E-state index contributed by atoms with van der Waals surface area (Å²) in [5.41, 5.74) is 0.890. The minimum atomic E-state index is -0.237. The first kappa shape index (κ1) is 17.6. The SMILES string of the molecule is Cl.O=C(C1CCSCC1)N1CCNCC1c1cccc(F)c1. The van der Waals surface area contributed by atoms with E-state index >= 15 is 0 Å². The number of rotatable bonds is 2. The highest BCUT2D eigenvalue weighted by Gasteiger charge is 2.33. The Morgan fingerprint density at radius 1 is 1.32 bits per heavy atom. The molecule has 3 nitrogen and oxygen atoms in total. The van der Waals surface area contributed by atoms with E-state index in [1.807, 2.05) is 22.7 Å².